The van der Waals surface area contributed by atoms with Crippen LogP contribution in [0.5, 0.6) is 0 Å². The number of carbonyl (C=O) groups excluding carboxylic acids is 2. The van der Waals surface area contributed by atoms with Crippen LogP contribution in [-0.4, -0.2) is 29.0 Å². The van der Waals surface area contributed by atoms with Gasteiger partial charge in [0.15, 0.2) is 12.2 Å². The number of nitrogens with two attached hydrogens (primary N) is 1. The first-order valence-electron chi connectivity index (χ1n) is 3.28. The van der Waals surface area contributed by atoms with Crippen molar-refractivity contribution in [3.63, 3.8) is 0 Å². The molecule has 1 aliphatic rings. The first-order chi connectivity index (χ1) is 5.16. The lowest BCUT2D eigenvalue weighted by molar-refractivity contribution is -0.119. The summed E-state index contributed by atoms with van der Waals surface area (Å²) < 4.78 is 4.75. The molecule has 2 atom stereocenters. The van der Waals surface area contributed by atoms with Gasteiger partial charge in [-0.25, -0.2) is 0 Å². The normalized spacial score (nSPS) is 28.1. The Balaban J connectivity index is 2.32. The molecule has 0 saturated carbocycles. The van der Waals surface area contributed by atoms with E-state index in [4.69, 9.17) is 10.5 Å². The molecule has 2 N–H and O–H groups in total. The van der Waals surface area contributed by atoms with Crippen LogP contribution in [0.1, 0.15) is 6.92 Å². The van der Waals surface area contributed by atoms with Gasteiger partial charge in [0.1, 0.15) is 0 Å². The average molecular weight is 175 g/mol. The lowest BCUT2D eigenvalue weighted by atomic mass is 10.3. The van der Waals surface area contributed by atoms with Gasteiger partial charge in [0.2, 0.25) is 11.0 Å². The molecule has 1 aliphatic heterocycles. The Labute approximate surface area is 68.5 Å². The van der Waals surface area contributed by atoms with E-state index in [0.717, 1.165) is 11.8 Å². The molecule has 5 heteroatoms. The van der Waals surface area contributed by atoms with Gasteiger partial charge in [-0.15, -0.1) is 0 Å². The average Bonchev–Trinajstić information content (AvgIpc) is 2.65. The minimum atomic E-state index is -0.665. The van der Waals surface area contributed by atoms with Crippen LogP contribution in [-0.2, 0) is 14.3 Å². The quantitative estimate of drug-likeness (QED) is 0.588. The fourth-order valence-electron chi connectivity index (χ4n) is 0.732. The van der Waals surface area contributed by atoms with Crippen LogP contribution in [0.15, 0.2) is 0 Å². The zero-order chi connectivity index (χ0) is 8.43. The maximum Gasteiger partial charge on any atom is 0.249 e. The van der Waals surface area contributed by atoms with Crippen molar-refractivity contribution in [2.75, 3.05) is 5.75 Å². The highest BCUT2D eigenvalue weighted by molar-refractivity contribution is 8.13. The third-order valence-electron chi connectivity index (χ3n) is 1.29. The third kappa shape index (κ3) is 1.94. The number of epoxide rings is 1. The van der Waals surface area contributed by atoms with Gasteiger partial charge >= 0.3 is 0 Å². The standard InChI is InChI=1S/C6H9NO3S/c1-2-11-6(9)4-3(10-4)5(7)8/h3-4H,2H2,1H3,(H2,7,8). The number of hydrogen-bond acceptors (Lipinski definition) is 4. The second kappa shape index (κ2) is 3.23. The Morgan fingerprint density at radius 3 is 2.55 bits per heavy atom. The molecule has 1 heterocycles. The molecule has 62 valence electrons. The highest BCUT2D eigenvalue weighted by atomic mass is 32.2. The molecule has 1 rings (SSSR count). The number of carbonyl (C=O) groups is 2. The topological polar surface area (TPSA) is 72.7 Å². The Hall–Kier alpha value is -0.550. The lowest BCUT2D eigenvalue weighted by Crippen LogP contribution is -2.22. The maximum atomic E-state index is 11.0. The second-order valence-electron chi connectivity index (χ2n) is 2.13. The Bertz CT molecular complexity index is 194. The number of primary amides is 1. The van der Waals surface area contributed by atoms with Gasteiger partial charge in [0.25, 0.3) is 0 Å². The molecule has 0 bridgehead atoms. The molecule has 1 amide bonds. The largest absolute Gasteiger partial charge is 0.367 e. The van der Waals surface area contributed by atoms with Gasteiger partial charge in [0, 0.05) is 0 Å². The van der Waals surface area contributed by atoms with Crippen molar-refractivity contribution in [2.45, 2.75) is 19.1 Å². The van der Waals surface area contributed by atoms with Crippen LogP contribution < -0.4 is 5.73 Å². The van der Waals surface area contributed by atoms with E-state index in [0.29, 0.717) is 5.75 Å². The molecule has 2 unspecified atom stereocenters. The van der Waals surface area contributed by atoms with Gasteiger partial charge in [-0.05, 0) is 5.75 Å². The molecule has 0 aromatic carbocycles. The molecular weight excluding hydrogens is 166 g/mol. The summed E-state index contributed by atoms with van der Waals surface area (Å²) in [6, 6.07) is 0. The number of hydrogen-bond donors (Lipinski definition) is 1. The number of rotatable bonds is 3. The van der Waals surface area contributed by atoms with Crippen LogP contribution >= 0.6 is 11.8 Å². The molecule has 4 nitrogen and oxygen atoms in total. The van der Waals surface area contributed by atoms with E-state index < -0.39 is 18.1 Å². The zero-order valence-electron chi connectivity index (χ0n) is 6.07. The van der Waals surface area contributed by atoms with Crippen molar-refractivity contribution >= 4 is 22.8 Å². The van der Waals surface area contributed by atoms with Gasteiger partial charge in [0.05, 0.1) is 0 Å². The highest BCUT2D eigenvalue weighted by Gasteiger charge is 2.48. The van der Waals surface area contributed by atoms with Crippen molar-refractivity contribution in [1.82, 2.24) is 0 Å². The van der Waals surface area contributed by atoms with Crippen molar-refractivity contribution in [2.24, 2.45) is 5.73 Å². The minimum Gasteiger partial charge on any atom is -0.367 e. The Kier molecular flexibility index (Phi) is 2.51. The molecule has 1 saturated heterocycles. The van der Waals surface area contributed by atoms with Crippen molar-refractivity contribution in [3.8, 4) is 0 Å². The predicted octanol–water partition coefficient (Wildman–Crippen LogP) is -0.481. The molecule has 11 heavy (non-hydrogen) atoms. The van der Waals surface area contributed by atoms with Gasteiger partial charge in [-0.3, -0.25) is 9.59 Å². The summed E-state index contributed by atoms with van der Waals surface area (Å²) in [5.41, 5.74) is 4.90. The smallest absolute Gasteiger partial charge is 0.249 e. The van der Waals surface area contributed by atoms with Gasteiger partial charge < -0.3 is 10.5 Å². The van der Waals surface area contributed by atoms with Crippen LogP contribution in [0, 0.1) is 0 Å². The number of amides is 1. The van der Waals surface area contributed by atoms with Crippen molar-refractivity contribution in [3.05, 3.63) is 0 Å². The molecule has 0 spiro atoms. The predicted molar refractivity (Wildman–Crippen MR) is 41.0 cm³/mol. The van der Waals surface area contributed by atoms with Gasteiger partial charge in [-0.1, -0.05) is 18.7 Å². The summed E-state index contributed by atoms with van der Waals surface area (Å²) in [6.07, 6.45) is -1.24. The van der Waals surface area contributed by atoms with Gasteiger partial charge in [-0.2, -0.15) is 0 Å². The highest BCUT2D eigenvalue weighted by Crippen LogP contribution is 2.26. The number of ether oxygens (including phenoxy) is 1. The Morgan fingerprint density at radius 1 is 1.55 bits per heavy atom. The molecule has 0 aromatic heterocycles. The van der Waals surface area contributed by atoms with Crippen molar-refractivity contribution in [1.29, 1.82) is 0 Å². The van der Waals surface area contributed by atoms with E-state index in [-0.39, 0.29) is 5.12 Å². The summed E-state index contributed by atoms with van der Waals surface area (Å²) in [5, 5.41) is -0.101. The monoisotopic (exact) mass is 175 g/mol. The summed E-state index contributed by atoms with van der Waals surface area (Å²) in [4.78, 5) is 21.4. The van der Waals surface area contributed by atoms with Crippen LogP contribution in [0.3, 0.4) is 0 Å². The molecule has 0 radical (unpaired) electrons. The van der Waals surface area contributed by atoms with E-state index >= 15 is 0 Å². The lowest BCUT2D eigenvalue weighted by Gasteiger charge is -1.89. The first kappa shape index (κ1) is 8.55. The number of thioether (sulfide) groups is 1. The van der Waals surface area contributed by atoms with Crippen LogP contribution in [0.4, 0.5) is 0 Å². The summed E-state index contributed by atoms with van der Waals surface area (Å²) in [6.45, 7) is 1.87. The zero-order valence-corrected chi connectivity index (χ0v) is 6.89. The van der Waals surface area contributed by atoms with Crippen LogP contribution in [0.25, 0.3) is 0 Å². The molecular formula is C6H9NO3S. The fraction of sp³-hybridized carbons (Fsp3) is 0.667. The minimum absolute atomic E-state index is 0.101. The SMILES string of the molecule is CCSC(=O)C1OC1C(N)=O. The van der Waals surface area contributed by atoms with Crippen molar-refractivity contribution < 1.29 is 14.3 Å². The maximum absolute atomic E-state index is 11.0. The third-order valence-corrected chi connectivity index (χ3v) is 2.10. The fourth-order valence-corrected chi connectivity index (χ4v) is 1.36. The summed E-state index contributed by atoms with van der Waals surface area (Å²) >= 11 is 1.15. The van der Waals surface area contributed by atoms with E-state index in [1.165, 1.54) is 0 Å². The van der Waals surface area contributed by atoms with E-state index in [2.05, 4.69) is 0 Å². The first-order valence-corrected chi connectivity index (χ1v) is 4.26. The van der Waals surface area contributed by atoms with E-state index in [1.54, 1.807) is 0 Å². The molecule has 0 aliphatic carbocycles. The molecule has 0 aromatic rings. The summed E-state index contributed by atoms with van der Waals surface area (Å²) in [5.74, 6) is 0.143. The summed E-state index contributed by atoms with van der Waals surface area (Å²) in [7, 11) is 0. The molecule has 1 fully saturated rings. The Morgan fingerprint density at radius 2 is 2.18 bits per heavy atom. The van der Waals surface area contributed by atoms with Crippen LogP contribution in [0.2, 0.25) is 0 Å². The van der Waals surface area contributed by atoms with E-state index in [9.17, 15) is 9.59 Å². The van der Waals surface area contributed by atoms with E-state index in [1.807, 2.05) is 6.92 Å². The second-order valence-corrected chi connectivity index (χ2v) is 3.40.